The molecule has 2 rings (SSSR count). The highest BCUT2D eigenvalue weighted by atomic mass is 32.2. The molecular weight excluding hydrogens is 285 g/mol. The van der Waals surface area contributed by atoms with Crippen LogP contribution >= 0.6 is 11.8 Å². The third-order valence-corrected chi connectivity index (χ3v) is 4.80. The number of ether oxygens (including phenoxy) is 1. The fourth-order valence-electron chi connectivity index (χ4n) is 2.07. The molecule has 2 aromatic rings. The molecule has 0 aliphatic carbocycles. The second kappa shape index (κ2) is 7.48. The predicted molar refractivity (Wildman–Crippen MR) is 86.3 cm³/mol. The molecule has 21 heavy (non-hydrogen) atoms. The zero-order valence-corrected chi connectivity index (χ0v) is 13.1. The molecule has 112 valence electrons. The van der Waals surface area contributed by atoms with E-state index in [4.69, 9.17) is 10.5 Å². The van der Waals surface area contributed by atoms with Crippen LogP contribution in [0.4, 0.5) is 4.39 Å². The van der Waals surface area contributed by atoms with Gasteiger partial charge in [0.25, 0.3) is 0 Å². The first-order valence-corrected chi connectivity index (χ1v) is 7.83. The van der Waals surface area contributed by atoms with Crippen molar-refractivity contribution in [1.29, 1.82) is 0 Å². The van der Waals surface area contributed by atoms with Crippen molar-refractivity contribution >= 4 is 11.8 Å². The number of halogens is 1. The summed E-state index contributed by atoms with van der Waals surface area (Å²) in [7, 11) is 1.65. The molecule has 2 nitrogen and oxygen atoms in total. The molecule has 2 unspecified atom stereocenters. The standard InChI is InChI=1S/C17H20FNOS/c1-3-16(19)17(12-4-6-13(18)7-5-12)21-15-10-8-14(20-2)9-11-15/h4-11,16-17H,3,19H2,1-2H3. The van der Waals surface area contributed by atoms with E-state index < -0.39 is 0 Å². The van der Waals surface area contributed by atoms with Crippen molar-refractivity contribution in [2.45, 2.75) is 29.5 Å². The maximum atomic E-state index is 13.1. The average Bonchev–Trinajstić information content (AvgIpc) is 2.53. The van der Waals surface area contributed by atoms with Gasteiger partial charge in [0, 0.05) is 16.2 Å². The number of nitrogens with two attached hydrogens (primary N) is 1. The lowest BCUT2D eigenvalue weighted by atomic mass is 10.0. The van der Waals surface area contributed by atoms with Crippen molar-refractivity contribution in [2.75, 3.05) is 7.11 Å². The average molecular weight is 305 g/mol. The quantitative estimate of drug-likeness (QED) is 0.803. The maximum absolute atomic E-state index is 13.1. The minimum Gasteiger partial charge on any atom is -0.497 e. The Morgan fingerprint density at radius 2 is 1.71 bits per heavy atom. The molecule has 2 aromatic carbocycles. The second-order valence-corrected chi connectivity index (χ2v) is 6.05. The van der Waals surface area contributed by atoms with Gasteiger partial charge in [0.15, 0.2) is 0 Å². The lowest BCUT2D eigenvalue weighted by molar-refractivity contribution is 0.414. The molecule has 0 bridgehead atoms. The van der Waals surface area contributed by atoms with Gasteiger partial charge in [-0.15, -0.1) is 11.8 Å². The van der Waals surface area contributed by atoms with Crippen LogP contribution in [0.2, 0.25) is 0 Å². The molecule has 0 fully saturated rings. The SMILES string of the molecule is CCC(N)C(Sc1ccc(OC)cc1)c1ccc(F)cc1. The Bertz CT molecular complexity index is 556. The number of hydrogen-bond donors (Lipinski definition) is 1. The van der Waals surface area contributed by atoms with E-state index >= 15 is 0 Å². The lowest BCUT2D eigenvalue weighted by Gasteiger charge is -2.23. The molecule has 0 saturated carbocycles. The van der Waals surface area contributed by atoms with E-state index in [1.165, 1.54) is 12.1 Å². The lowest BCUT2D eigenvalue weighted by Crippen LogP contribution is -2.25. The summed E-state index contributed by atoms with van der Waals surface area (Å²) in [6, 6.07) is 14.5. The van der Waals surface area contributed by atoms with Crippen LogP contribution in [0.3, 0.4) is 0 Å². The third kappa shape index (κ3) is 4.22. The smallest absolute Gasteiger partial charge is 0.123 e. The fourth-order valence-corrected chi connectivity index (χ4v) is 3.32. The van der Waals surface area contributed by atoms with Crippen LogP contribution in [0.15, 0.2) is 53.4 Å². The van der Waals surface area contributed by atoms with E-state index in [2.05, 4.69) is 6.92 Å². The summed E-state index contributed by atoms with van der Waals surface area (Å²) in [4.78, 5) is 1.12. The van der Waals surface area contributed by atoms with Crippen LogP contribution in [0, 0.1) is 5.82 Å². The van der Waals surface area contributed by atoms with Gasteiger partial charge in [-0.25, -0.2) is 4.39 Å². The van der Waals surface area contributed by atoms with Crippen LogP contribution in [0.25, 0.3) is 0 Å². The first kappa shape index (κ1) is 15.9. The first-order chi connectivity index (χ1) is 10.1. The van der Waals surface area contributed by atoms with E-state index in [1.54, 1.807) is 18.9 Å². The number of rotatable bonds is 6. The molecule has 2 N–H and O–H groups in total. The topological polar surface area (TPSA) is 35.2 Å². The van der Waals surface area contributed by atoms with E-state index in [0.29, 0.717) is 0 Å². The van der Waals surface area contributed by atoms with Crippen molar-refractivity contribution in [3.8, 4) is 5.75 Å². The zero-order chi connectivity index (χ0) is 15.2. The van der Waals surface area contributed by atoms with E-state index in [-0.39, 0.29) is 17.1 Å². The minimum atomic E-state index is -0.225. The van der Waals surface area contributed by atoms with Crippen LogP contribution in [0.5, 0.6) is 5.75 Å². The van der Waals surface area contributed by atoms with Gasteiger partial charge in [-0.1, -0.05) is 19.1 Å². The van der Waals surface area contributed by atoms with Crippen LogP contribution in [-0.2, 0) is 0 Å². The summed E-state index contributed by atoms with van der Waals surface area (Å²) in [5, 5.41) is 0.101. The Labute approximate surface area is 129 Å². The van der Waals surface area contributed by atoms with Gasteiger partial charge in [-0.2, -0.15) is 0 Å². The minimum absolute atomic E-state index is 0.0163. The molecule has 0 spiro atoms. The van der Waals surface area contributed by atoms with Crippen LogP contribution < -0.4 is 10.5 Å². The second-order valence-electron chi connectivity index (χ2n) is 4.84. The molecular formula is C17H20FNOS. The molecule has 0 radical (unpaired) electrons. The molecule has 0 aliphatic rings. The Balaban J connectivity index is 2.21. The first-order valence-electron chi connectivity index (χ1n) is 6.95. The summed E-state index contributed by atoms with van der Waals surface area (Å²) < 4.78 is 18.3. The van der Waals surface area contributed by atoms with Crippen LogP contribution in [0.1, 0.15) is 24.2 Å². The van der Waals surface area contributed by atoms with Crippen molar-refractivity contribution in [3.05, 3.63) is 59.9 Å². The van der Waals surface area contributed by atoms with Gasteiger partial charge < -0.3 is 10.5 Å². The van der Waals surface area contributed by atoms with Gasteiger partial charge in [0.2, 0.25) is 0 Å². The molecule has 2 atom stereocenters. The van der Waals surface area contributed by atoms with E-state index in [9.17, 15) is 4.39 Å². The van der Waals surface area contributed by atoms with E-state index in [1.807, 2.05) is 36.4 Å². The molecule has 0 amide bonds. The Morgan fingerprint density at radius 1 is 1.10 bits per heavy atom. The monoisotopic (exact) mass is 305 g/mol. The summed E-state index contributed by atoms with van der Waals surface area (Å²) in [6.07, 6.45) is 0.866. The van der Waals surface area contributed by atoms with Crippen molar-refractivity contribution in [1.82, 2.24) is 0 Å². The number of benzene rings is 2. The fraction of sp³-hybridized carbons (Fsp3) is 0.294. The predicted octanol–water partition coefficient (Wildman–Crippen LogP) is 4.41. The van der Waals surface area contributed by atoms with Crippen molar-refractivity contribution < 1.29 is 9.13 Å². The molecule has 0 heterocycles. The summed E-state index contributed by atoms with van der Waals surface area (Å²) >= 11 is 1.70. The number of methoxy groups -OCH3 is 1. The highest BCUT2D eigenvalue weighted by Gasteiger charge is 2.20. The summed E-state index contributed by atoms with van der Waals surface area (Å²) in [6.45, 7) is 2.07. The zero-order valence-electron chi connectivity index (χ0n) is 12.3. The molecule has 0 aliphatic heterocycles. The summed E-state index contributed by atoms with van der Waals surface area (Å²) in [5.41, 5.74) is 7.30. The highest BCUT2D eigenvalue weighted by molar-refractivity contribution is 7.99. The largest absolute Gasteiger partial charge is 0.497 e. The number of thioether (sulfide) groups is 1. The molecule has 0 aromatic heterocycles. The Kier molecular flexibility index (Phi) is 5.65. The Morgan fingerprint density at radius 3 is 2.24 bits per heavy atom. The molecule has 0 saturated heterocycles. The van der Waals surface area contributed by atoms with Crippen molar-refractivity contribution in [3.63, 3.8) is 0 Å². The van der Waals surface area contributed by atoms with Gasteiger partial charge in [-0.05, 0) is 48.4 Å². The van der Waals surface area contributed by atoms with Gasteiger partial charge in [-0.3, -0.25) is 0 Å². The van der Waals surface area contributed by atoms with Gasteiger partial charge in [0.1, 0.15) is 11.6 Å². The third-order valence-electron chi connectivity index (χ3n) is 3.38. The van der Waals surface area contributed by atoms with Gasteiger partial charge >= 0.3 is 0 Å². The maximum Gasteiger partial charge on any atom is 0.123 e. The van der Waals surface area contributed by atoms with Gasteiger partial charge in [0.05, 0.1) is 7.11 Å². The Hall–Kier alpha value is -1.52. The van der Waals surface area contributed by atoms with Crippen LogP contribution in [-0.4, -0.2) is 13.2 Å². The van der Waals surface area contributed by atoms with Crippen molar-refractivity contribution in [2.24, 2.45) is 5.73 Å². The normalized spacial score (nSPS) is 13.7. The van der Waals surface area contributed by atoms with E-state index in [0.717, 1.165) is 22.6 Å². The highest BCUT2D eigenvalue weighted by Crippen LogP contribution is 2.38. The number of hydrogen-bond acceptors (Lipinski definition) is 3. The summed E-state index contributed by atoms with van der Waals surface area (Å²) in [5.74, 6) is 0.606. The molecule has 4 heteroatoms.